The van der Waals surface area contributed by atoms with Crippen LogP contribution in [0.15, 0.2) is 117 Å². The Morgan fingerprint density at radius 2 is 0.456 bits per heavy atom. The van der Waals surface area contributed by atoms with Gasteiger partial charge in [0.1, 0.15) is 0 Å². The predicted molar refractivity (Wildman–Crippen MR) is 221 cm³/mol. The fourth-order valence-corrected chi connectivity index (χ4v) is 4.22. The van der Waals surface area contributed by atoms with E-state index in [9.17, 15) is 40.9 Å². The van der Waals surface area contributed by atoms with Gasteiger partial charge in [0.05, 0.1) is 75.0 Å². The number of rotatable bonds is 20. The van der Waals surface area contributed by atoms with Crippen molar-refractivity contribution in [2.45, 2.75) is 22.2 Å². The second-order valence-corrected chi connectivity index (χ2v) is 13.9. The van der Waals surface area contributed by atoms with Crippen molar-refractivity contribution in [3.8, 4) is 23.0 Å². The third kappa shape index (κ3) is 23.3. The Morgan fingerprint density at radius 3 is 0.574 bits per heavy atom. The van der Waals surface area contributed by atoms with E-state index in [-0.39, 0.29) is 91.3 Å². The number of aliphatic hydroxyl groups excluding tert-OH is 8. The first kappa shape index (κ1) is 70.9. The molecule has 388 valence electrons. The minimum Gasteiger partial charge on any atom is -0.872 e. The van der Waals surface area contributed by atoms with Crippen molar-refractivity contribution >= 4 is 24.9 Å². The van der Waals surface area contributed by atoms with Gasteiger partial charge in [0.2, 0.25) is 0 Å². The van der Waals surface area contributed by atoms with Gasteiger partial charge >= 0.3 is 68.3 Å². The monoisotopic (exact) mass is 1140 g/mol. The summed E-state index contributed by atoms with van der Waals surface area (Å²) in [6.07, 6.45) is 4.86. The second-order valence-electron chi connectivity index (χ2n) is 13.9. The molecular formula is C44H52Cu4N4O16. The summed E-state index contributed by atoms with van der Waals surface area (Å²) in [5.41, 5.74) is -4.48. The fraction of sp³-hybridized carbons (Fsp3) is 0.364. The van der Waals surface area contributed by atoms with Crippen molar-refractivity contribution in [3.63, 3.8) is 0 Å². The zero-order chi connectivity index (χ0) is 48.1. The molecular weight excluding hydrogens is 1090 g/mol. The number of para-hydroxylation sites is 4. The van der Waals surface area contributed by atoms with Crippen LogP contribution in [-0.2, 0) is 68.3 Å². The van der Waals surface area contributed by atoms with Gasteiger partial charge in [-0.15, -0.1) is 49.4 Å². The molecule has 0 spiro atoms. The summed E-state index contributed by atoms with van der Waals surface area (Å²) < 4.78 is 0. The van der Waals surface area contributed by atoms with Crippen molar-refractivity contribution in [1.82, 2.24) is 0 Å². The van der Waals surface area contributed by atoms with Crippen LogP contribution in [0, 0.1) is 0 Å². The van der Waals surface area contributed by atoms with E-state index in [2.05, 4.69) is 20.0 Å². The van der Waals surface area contributed by atoms with Crippen LogP contribution in [-0.4, -0.2) is 167 Å². The Hall–Kier alpha value is -3.64. The summed E-state index contributed by atoms with van der Waals surface area (Å²) in [5, 5.41) is 160. The molecule has 0 aliphatic carbocycles. The molecule has 0 aromatic heterocycles. The number of benzene rings is 4. The summed E-state index contributed by atoms with van der Waals surface area (Å²) >= 11 is 0. The molecule has 4 radical (unpaired) electrons. The van der Waals surface area contributed by atoms with E-state index >= 15 is 0 Å². The molecule has 4 aromatic rings. The number of aliphatic hydroxyl groups is 8. The molecule has 0 amide bonds. The van der Waals surface area contributed by atoms with Gasteiger partial charge in [0.25, 0.3) is 0 Å². The molecule has 4 aromatic carbocycles. The zero-order valence-electron chi connectivity index (χ0n) is 35.9. The van der Waals surface area contributed by atoms with Crippen LogP contribution < -0.4 is 40.9 Å². The number of hydrogen-bond donors (Lipinski definition) is 8. The minimum absolute atomic E-state index is 0. The standard InChI is InChI=1S/4C11H14NO4.4Cu/c4*13-6-11(7-14,8-15)12-5-9-3-1-2-4-10(9)16;;;;/h4*1-5,13-14,16H,6-8H2;;;;/q4*-1;4*+2/p-4. The molecule has 68 heavy (non-hydrogen) atoms. The molecule has 0 aliphatic rings. The molecule has 4 rings (SSSR count). The summed E-state index contributed by atoms with van der Waals surface area (Å²) in [6.45, 7) is -7.36. The van der Waals surface area contributed by atoms with Crippen LogP contribution in [0.3, 0.4) is 0 Å². The Kier molecular flexibility index (Phi) is 39.8. The maximum Gasteiger partial charge on any atom is 2.00 e. The summed E-state index contributed by atoms with van der Waals surface area (Å²) in [4.78, 5) is 15.2. The van der Waals surface area contributed by atoms with E-state index in [4.69, 9.17) is 40.9 Å². The molecule has 0 heterocycles. The Labute approximate surface area is 436 Å². The molecule has 0 saturated heterocycles. The third-order valence-electron chi connectivity index (χ3n) is 9.02. The predicted octanol–water partition coefficient (Wildman–Crippen LogP) is -6.96. The fourth-order valence-electron chi connectivity index (χ4n) is 4.22. The van der Waals surface area contributed by atoms with Gasteiger partial charge < -0.3 is 81.7 Å². The van der Waals surface area contributed by atoms with Crippen LogP contribution in [0.25, 0.3) is 0 Å². The van der Waals surface area contributed by atoms with Crippen molar-refractivity contribution in [3.05, 3.63) is 119 Å². The molecule has 0 fully saturated rings. The third-order valence-corrected chi connectivity index (χ3v) is 9.02. The second kappa shape index (κ2) is 38.2. The van der Waals surface area contributed by atoms with E-state index in [0.717, 1.165) is 0 Å². The quantitative estimate of drug-likeness (QED) is 0.0301. The molecule has 0 bridgehead atoms. The summed E-state index contributed by atoms with van der Waals surface area (Å²) in [7, 11) is 0. The smallest absolute Gasteiger partial charge is 0.872 e. The molecule has 0 aliphatic heterocycles. The molecule has 8 N–H and O–H groups in total. The first-order valence-electron chi connectivity index (χ1n) is 19.1. The van der Waals surface area contributed by atoms with Crippen LogP contribution in [0.2, 0.25) is 0 Å². The van der Waals surface area contributed by atoms with Crippen molar-refractivity contribution < 1.29 is 150 Å². The van der Waals surface area contributed by atoms with Gasteiger partial charge in [-0.05, 0) is 22.3 Å². The van der Waals surface area contributed by atoms with Crippen molar-refractivity contribution in [2.24, 2.45) is 20.0 Å². The van der Waals surface area contributed by atoms with Crippen LogP contribution in [0.4, 0.5) is 0 Å². The summed E-state index contributed by atoms with van der Waals surface area (Å²) in [5.74, 6) is -0.882. The van der Waals surface area contributed by atoms with Crippen LogP contribution in [0.1, 0.15) is 22.3 Å². The van der Waals surface area contributed by atoms with Gasteiger partial charge in [-0.2, -0.15) is 0 Å². The average Bonchev–Trinajstić information content (AvgIpc) is 3.34. The number of aliphatic imine (C=N–C) groups is 4. The topological polar surface area (TPSA) is 396 Å². The summed E-state index contributed by atoms with van der Waals surface area (Å²) in [6, 6.07) is 24.7. The molecule has 20 nitrogen and oxygen atoms in total. The Bertz CT molecular complexity index is 1720. The normalized spacial score (nSPS) is 11.5. The van der Waals surface area contributed by atoms with Crippen LogP contribution >= 0.6 is 0 Å². The first-order valence-corrected chi connectivity index (χ1v) is 19.1. The van der Waals surface area contributed by atoms with Crippen LogP contribution in [0.5, 0.6) is 23.0 Å². The van der Waals surface area contributed by atoms with E-state index in [1.54, 1.807) is 72.8 Å². The van der Waals surface area contributed by atoms with Gasteiger partial charge in [0.15, 0.2) is 0 Å². The number of hydrogen-bond acceptors (Lipinski definition) is 20. The molecule has 0 unspecified atom stereocenters. The largest absolute Gasteiger partial charge is 2.00 e. The molecule has 0 atom stereocenters. The van der Waals surface area contributed by atoms with Gasteiger partial charge in [-0.1, -0.05) is 97.1 Å². The Balaban J connectivity index is -0.000000394. The van der Waals surface area contributed by atoms with E-state index in [1.807, 2.05) is 0 Å². The molecule has 0 saturated carbocycles. The maximum absolute atomic E-state index is 11.3. The average molecular weight is 1150 g/mol. The Morgan fingerprint density at radius 1 is 0.309 bits per heavy atom. The first-order chi connectivity index (χ1) is 30.7. The van der Waals surface area contributed by atoms with Gasteiger partial charge in [0, 0.05) is 24.9 Å². The molecule has 24 heteroatoms. The maximum atomic E-state index is 11.3. The zero-order valence-corrected chi connectivity index (χ0v) is 39.6. The SMILES string of the molecule is [Cu+2].[Cu+2].[Cu+2].[Cu+2].[O-]CC(CO)(CO)N=Cc1ccccc1[O-].[O-]CC(CO)(CO)N=Cc1ccccc1[O-].[O-]CC(CO)(CO)N=Cc1ccccc1[O-].[O-]CC(CO)(CO)N=Cc1ccccc1[O-]. The van der Waals surface area contributed by atoms with E-state index < -0.39 is 101 Å². The number of nitrogens with zero attached hydrogens (tertiary/aromatic N) is 4. The van der Waals surface area contributed by atoms with Gasteiger partial charge in [-0.25, -0.2) is 0 Å². The van der Waals surface area contributed by atoms with Gasteiger partial charge in [-0.3, -0.25) is 20.0 Å². The van der Waals surface area contributed by atoms with Crippen molar-refractivity contribution in [1.29, 1.82) is 0 Å². The minimum atomic E-state index is -1.44. The van der Waals surface area contributed by atoms with Crippen molar-refractivity contribution in [2.75, 3.05) is 79.3 Å². The van der Waals surface area contributed by atoms with E-state index in [0.29, 0.717) is 22.3 Å². The van der Waals surface area contributed by atoms with E-state index in [1.165, 1.54) is 49.1 Å².